The van der Waals surface area contributed by atoms with Gasteiger partial charge in [0.05, 0.1) is 29.0 Å². The molecule has 7 heteroatoms. The summed E-state index contributed by atoms with van der Waals surface area (Å²) in [6, 6.07) is 14.8. The van der Waals surface area contributed by atoms with Gasteiger partial charge in [0.25, 0.3) is 0 Å². The summed E-state index contributed by atoms with van der Waals surface area (Å²) < 4.78 is 14.8. The van der Waals surface area contributed by atoms with Crippen LogP contribution in [0.1, 0.15) is 21.6 Å². The number of hydrogen-bond donors (Lipinski definition) is 1. The lowest BCUT2D eigenvalue weighted by atomic mass is 10.1. The largest absolute Gasteiger partial charge is 0.478 e. The van der Waals surface area contributed by atoms with E-state index in [2.05, 4.69) is 15.3 Å². The maximum atomic E-state index is 13.1. The average molecular weight is 362 g/mol. The molecule has 4 aromatic rings. The van der Waals surface area contributed by atoms with Crippen LogP contribution in [0.25, 0.3) is 22.3 Å². The Morgan fingerprint density at radius 3 is 2.63 bits per heavy atom. The van der Waals surface area contributed by atoms with E-state index < -0.39 is 5.97 Å². The lowest BCUT2D eigenvalue weighted by Gasteiger charge is -2.07. The predicted octanol–water partition coefficient (Wildman–Crippen LogP) is 3.69. The third-order valence-corrected chi connectivity index (χ3v) is 4.42. The number of carbonyl (C=O) groups is 1. The van der Waals surface area contributed by atoms with Crippen LogP contribution in [0.5, 0.6) is 0 Å². The fraction of sp³-hybridized carbons (Fsp3) is 0.100. The second-order valence-corrected chi connectivity index (χ2v) is 6.18. The number of halogens is 1. The summed E-state index contributed by atoms with van der Waals surface area (Å²) in [5.41, 5.74) is 3.36. The van der Waals surface area contributed by atoms with Crippen molar-refractivity contribution in [1.82, 2.24) is 20.0 Å². The molecule has 27 heavy (non-hydrogen) atoms. The first-order chi connectivity index (χ1) is 13.0. The van der Waals surface area contributed by atoms with Gasteiger partial charge in [-0.2, -0.15) is 0 Å². The van der Waals surface area contributed by atoms with Crippen LogP contribution in [0.2, 0.25) is 0 Å². The van der Waals surface area contributed by atoms with Crippen molar-refractivity contribution in [2.45, 2.75) is 13.5 Å². The zero-order valence-corrected chi connectivity index (χ0v) is 14.4. The Bertz CT molecular complexity index is 1150. The Hall–Kier alpha value is -3.61. The van der Waals surface area contributed by atoms with E-state index in [1.165, 1.54) is 18.2 Å². The van der Waals surface area contributed by atoms with Crippen molar-refractivity contribution in [1.29, 1.82) is 0 Å². The van der Waals surface area contributed by atoms with Crippen molar-refractivity contribution in [2.24, 2.45) is 0 Å². The number of nitrogens with zero attached hydrogens (tertiary/aromatic N) is 4. The summed E-state index contributed by atoms with van der Waals surface area (Å²) in [6.07, 6.45) is 0. The van der Waals surface area contributed by atoms with Crippen molar-refractivity contribution >= 4 is 16.9 Å². The highest BCUT2D eigenvalue weighted by Crippen LogP contribution is 2.25. The Balaban J connectivity index is 1.77. The topological polar surface area (TPSA) is 80.9 Å². The molecule has 0 atom stereocenters. The number of aromatic carboxylic acids is 1. The molecule has 0 aliphatic rings. The average Bonchev–Trinajstić information content (AvgIpc) is 3.03. The van der Waals surface area contributed by atoms with Gasteiger partial charge < -0.3 is 5.11 Å². The summed E-state index contributed by atoms with van der Waals surface area (Å²) >= 11 is 0. The van der Waals surface area contributed by atoms with E-state index in [1.54, 1.807) is 35.0 Å². The molecule has 1 N–H and O–H groups in total. The summed E-state index contributed by atoms with van der Waals surface area (Å²) in [5, 5.41) is 18.5. The zero-order chi connectivity index (χ0) is 19.0. The first kappa shape index (κ1) is 16.8. The third-order valence-electron chi connectivity index (χ3n) is 4.42. The molecule has 0 unspecified atom stereocenters. The highest BCUT2D eigenvalue weighted by atomic mass is 19.1. The molecule has 0 bridgehead atoms. The van der Waals surface area contributed by atoms with Crippen LogP contribution in [-0.2, 0) is 6.54 Å². The van der Waals surface area contributed by atoms with Gasteiger partial charge in [-0.3, -0.25) is 0 Å². The first-order valence-corrected chi connectivity index (χ1v) is 8.31. The standard InChI is InChI=1S/C20H15FN4O2/c1-12-19(23-24-25(12)11-13-6-8-14(21)9-7-13)18-10-16(20(26)27)15-4-2-3-5-17(15)22-18/h2-10H,11H2,1H3,(H,26,27). The Morgan fingerprint density at radius 1 is 1.15 bits per heavy atom. The fourth-order valence-electron chi connectivity index (χ4n) is 2.98. The normalized spacial score (nSPS) is 11.0. The number of carboxylic acids is 1. The summed E-state index contributed by atoms with van der Waals surface area (Å²) in [6.45, 7) is 2.27. The molecule has 0 amide bonds. The molecule has 2 heterocycles. The van der Waals surface area contributed by atoms with Gasteiger partial charge in [-0.05, 0) is 36.8 Å². The van der Waals surface area contributed by atoms with Gasteiger partial charge >= 0.3 is 5.97 Å². The van der Waals surface area contributed by atoms with Crippen LogP contribution in [0.15, 0.2) is 54.6 Å². The smallest absolute Gasteiger partial charge is 0.336 e. The molecular weight excluding hydrogens is 347 g/mol. The van der Waals surface area contributed by atoms with Gasteiger partial charge in [-0.1, -0.05) is 35.5 Å². The minimum absolute atomic E-state index is 0.170. The Morgan fingerprint density at radius 2 is 1.89 bits per heavy atom. The number of rotatable bonds is 4. The van der Waals surface area contributed by atoms with Gasteiger partial charge in [0.15, 0.2) is 0 Å². The van der Waals surface area contributed by atoms with E-state index in [4.69, 9.17) is 0 Å². The number of carboxylic acid groups (broad SMARTS) is 1. The molecule has 134 valence electrons. The van der Waals surface area contributed by atoms with E-state index >= 15 is 0 Å². The van der Waals surface area contributed by atoms with E-state index in [9.17, 15) is 14.3 Å². The Labute approximate surface area is 153 Å². The van der Waals surface area contributed by atoms with E-state index in [0.717, 1.165) is 11.3 Å². The van der Waals surface area contributed by atoms with E-state index in [0.29, 0.717) is 28.8 Å². The van der Waals surface area contributed by atoms with Crippen LogP contribution in [-0.4, -0.2) is 31.1 Å². The Kier molecular flexibility index (Phi) is 4.12. The molecule has 0 radical (unpaired) electrons. The molecule has 0 spiro atoms. The quantitative estimate of drug-likeness (QED) is 0.599. The number of benzene rings is 2. The lowest BCUT2D eigenvalue weighted by Crippen LogP contribution is -2.04. The molecule has 0 fully saturated rings. The minimum atomic E-state index is -1.02. The number of hydrogen-bond acceptors (Lipinski definition) is 4. The second kappa shape index (κ2) is 6.60. The van der Waals surface area contributed by atoms with Crippen molar-refractivity contribution in [3.05, 3.63) is 77.2 Å². The number of para-hydroxylation sites is 1. The molecule has 0 aliphatic heterocycles. The van der Waals surface area contributed by atoms with Crippen molar-refractivity contribution in [2.75, 3.05) is 0 Å². The number of fused-ring (bicyclic) bond motifs is 1. The fourth-order valence-corrected chi connectivity index (χ4v) is 2.98. The van der Waals surface area contributed by atoms with Crippen LogP contribution in [0, 0.1) is 12.7 Å². The maximum absolute atomic E-state index is 13.1. The number of aromatic nitrogens is 4. The van der Waals surface area contributed by atoms with Crippen molar-refractivity contribution < 1.29 is 14.3 Å². The molecule has 2 aromatic carbocycles. The molecule has 6 nitrogen and oxygen atoms in total. The van der Waals surface area contributed by atoms with Gasteiger partial charge in [-0.25, -0.2) is 18.9 Å². The van der Waals surface area contributed by atoms with Crippen molar-refractivity contribution in [3.63, 3.8) is 0 Å². The summed E-state index contributed by atoms with van der Waals surface area (Å²) in [7, 11) is 0. The monoisotopic (exact) mass is 362 g/mol. The SMILES string of the molecule is Cc1c(-c2cc(C(=O)O)c3ccccc3n2)nnn1Cc1ccc(F)cc1. The maximum Gasteiger partial charge on any atom is 0.336 e. The predicted molar refractivity (Wildman–Crippen MR) is 98.0 cm³/mol. The third kappa shape index (κ3) is 3.15. The number of pyridine rings is 1. The van der Waals surface area contributed by atoms with Gasteiger partial charge in [0.2, 0.25) is 0 Å². The van der Waals surface area contributed by atoms with Crippen LogP contribution in [0.4, 0.5) is 4.39 Å². The van der Waals surface area contributed by atoms with Crippen LogP contribution in [0.3, 0.4) is 0 Å². The summed E-state index contributed by atoms with van der Waals surface area (Å²) in [4.78, 5) is 16.2. The van der Waals surface area contributed by atoms with Crippen molar-refractivity contribution in [3.8, 4) is 11.4 Å². The molecule has 2 aromatic heterocycles. The molecule has 4 rings (SSSR count). The van der Waals surface area contributed by atoms with E-state index in [1.807, 2.05) is 13.0 Å². The lowest BCUT2D eigenvalue weighted by molar-refractivity contribution is 0.0699. The first-order valence-electron chi connectivity index (χ1n) is 8.31. The van der Waals surface area contributed by atoms with Gasteiger partial charge in [0.1, 0.15) is 11.5 Å². The minimum Gasteiger partial charge on any atom is -0.478 e. The van der Waals surface area contributed by atoms with Gasteiger partial charge in [-0.15, -0.1) is 5.10 Å². The molecule has 0 aliphatic carbocycles. The zero-order valence-electron chi connectivity index (χ0n) is 14.4. The highest BCUT2D eigenvalue weighted by Gasteiger charge is 2.17. The second-order valence-electron chi connectivity index (χ2n) is 6.18. The molecule has 0 saturated carbocycles. The highest BCUT2D eigenvalue weighted by molar-refractivity contribution is 6.03. The van der Waals surface area contributed by atoms with Crippen LogP contribution < -0.4 is 0 Å². The summed E-state index contributed by atoms with van der Waals surface area (Å²) in [5.74, 6) is -1.32. The van der Waals surface area contributed by atoms with Crippen LogP contribution >= 0.6 is 0 Å². The molecule has 0 saturated heterocycles. The van der Waals surface area contributed by atoms with E-state index in [-0.39, 0.29) is 11.4 Å². The van der Waals surface area contributed by atoms with Gasteiger partial charge in [0, 0.05) is 5.39 Å². The molecular formula is C20H15FN4O2.